The van der Waals surface area contributed by atoms with E-state index in [2.05, 4.69) is 17.2 Å². The molecule has 2 heterocycles. The molecule has 3 rings (SSSR count). The number of hydrogen-bond donors (Lipinski definition) is 1. The summed E-state index contributed by atoms with van der Waals surface area (Å²) in [5.74, 6) is -0.905. The van der Waals surface area contributed by atoms with Gasteiger partial charge in [-0.2, -0.15) is 0 Å². The summed E-state index contributed by atoms with van der Waals surface area (Å²) in [4.78, 5) is 30.3. The molecule has 146 valence electrons. The van der Waals surface area contributed by atoms with Crippen LogP contribution in [-0.2, 0) is 9.53 Å². The molecule has 0 aliphatic rings. The number of ether oxygens (including phenoxy) is 1. The number of carbonyl (C=O) groups is 2. The van der Waals surface area contributed by atoms with Crippen molar-refractivity contribution in [2.75, 3.05) is 0 Å². The van der Waals surface area contributed by atoms with Gasteiger partial charge in [0.05, 0.1) is 10.9 Å². The molecule has 0 aliphatic heterocycles. The zero-order chi connectivity index (χ0) is 19.9. The second kappa shape index (κ2) is 9.61. The SMILES string of the molecule is CCC[C@@H](NC(=O)[C@@H](C)OC(=O)c1csc(-c2cccs2)n1)c1ccccc1. The highest BCUT2D eigenvalue weighted by Crippen LogP contribution is 2.28. The molecule has 0 radical (unpaired) electrons. The van der Waals surface area contributed by atoms with Gasteiger partial charge in [-0.05, 0) is 30.4 Å². The number of aromatic nitrogens is 1. The second-order valence-corrected chi connectivity index (χ2v) is 8.13. The summed E-state index contributed by atoms with van der Waals surface area (Å²) in [6.07, 6.45) is 0.841. The highest BCUT2D eigenvalue weighted by Gasteiger charge is 2.23. The van der Waals surface area contributed by atoms with Gasteiger partial charge >= 0.3 is 5.97 Å². The van der Waals surface area contributed by atoms with Crippen molar-refractivity contribution in [3.05, 3.63) is 64.5 Å². The van der Waals surface area contributed by atoms with Gasteiger partial charge in [-0.15, -0.1) is 22.7 Å². The van der Waals surface area contributed by atoms with Gasteiger partial charge in [0, 0.05) is 5.38 Å². The Morgan fingerprint density at radius 3 is 2.61 bits per heavy atom. The van der Waals surface area contributed by atoms with Crippen LogP contribution in [0.1, 0.15) is 48.8 Å². The smallest absolute Gasteiger partial charge is 0.358 e. The lowest BCUT2D eigenvalue weighted by Crippen LogP contribution is -2.38. The summed E-state index contributed by atoms with van der Waals surface area (Å²) in [7, 11) is 0. The monoisotopic (exact) mass is 414 g/mol. The maximum absolute atomic E-state index is 12.6. The summed E-state index contributed by atoms with van der Waals surface area (Å²) < 4.78 is 5.34. The van der Waals surface area contributed by atoms with E-state index in [4.69, 9.17) is 4.74 Å². The van der Waals surface area contributed by atoms with Crippen LogP contribution in [0.2, 0.25) is 0 Å². The molecule has 0 fully saturated rings. The molecule has 5 nitrogen and oxygen atoms in total. The number of nitrogens with zero attached hydrogens (tertiary/aromatic N) is 1. The number of amides is 1. The molecular weight excluding hydrogens is 392 g/mol. The van der Waals surface area contributed by atoms with E-state index in [1.165, 1.54) is 11.3 Å². The molecule has 1 amide bonds. The number of nitrogens with one attached hydrogen (secondary N) is 1. The highest BCUT2D eigenvalue weighted by molar-refractivity contribution is 7.20. The number of benzene rings is 1. The maximum atomic E-state index is 12.6. The Labute approximate surface area is 172 Å². The molecule has 28 heavy (non-hydrogen) atoms. The largest absolute Gasteiger partial charge is 0.448 e. The number of carbonyl (C=O) groups excluding carboxylic acids is 2. The zero-order valence-electron chi connectivity index (χ0n) is 15.8. The van der Waals surface area contributed by atoms with E-state index in [0.29, 0.717) is 0 Å². The van der Waals surface area contributed by atoms with Crippen LogP contribution in [0.25, 0.3) is 9.88 Å². The van der Waals surface area contributed by atoms with Crippen LogP contribution in [0.4, 0.5) is 0 Å². The van der Waals surface area contributed by atoms with Crippen LogP contribution < -0.4 is 5.32 Å². The predicted molar refractivity (Wildman–Crippen MR) is 113 cm³/mol. The van der Waals surface area contributed by atoms with E-state index in [9.17, 15) is 9.59 Å². The normalized spacial score (nSPS) is 12.9. The Kier molecular flexibility index (Phi) is 6.95. The molecule has 0 saturated carbocycles. The van der Waals surface area contributed by atoms with Crippen molar-refractivity contribution in [1.82, 2.24) is 10.3 Å². The van der Waals surface area contributed by atoms with Crippen molar-refractivity contribution >= 4 is 34.6 Å². The predicted octanol–water partition coefficient (Wildman–Crippen LogP) is 5.07. The average Bonchev–Trinajstić information content (AvgIpc) is 3.39. The third-order valence-electron chi connectivity index (χ3n) is 4.19. The molecule has 2 atom stereocenters. The third-order valence-corrected chi connectivity index (χ3v) is 6.08. The fourth-order valence-electron chi connectivity index (χ4n) is 2.74. The molecule has 0 aliphatic carbocycles. The molecule has 0 saturated heterocycles. The van der Waals surface area contributed by atoms with Gasteiger partial charge in [-0.3, -0.25) is 4.79 Å². The average molecular weight is 415 g/mol. The fraction of sp³-hybridized carbons (Fsp3) is 0.286. The van der Waals surface area contributed by atoms with Crippen LogP contribution in [0, 0.1) is 0 Å². The molecule has 0 bridgehead atoms. The first kappa shape index (κ1) is 20.2. The minimum atomic E-state index is -0.901. The first-order chi connectivity index (χ1) is 13.6. The van der Waals surface area contributed by atoms with Gasteiger partial charge in [0.15, 0.2) is 11.8 Å². The summed E-state index contributed by atoms with van der Waals surface area (Å²) in [5.41, 5.74) is 1.26. The van der Waals surface area contributed by atoms with Crippen LogP contribution >= 0.6 is 22.7 Å². The number of hydrogen-bond acceptors (Lipinski definition) is 6. The lowest BCUT2D eigenvalue weighted by atomic mass is 10.0. The van der Waals surface area contributed by atoms with Gasteiger partial charge in [0.2, 0.25) is 0 Å². The molecule has 1 N–H and O–H groups in total. The van der Waals surface area contributed by atoms with E-state index < -0.39 is 12.1 Å². The van der Waals surface area contributed by atoms with E-state index in [0.717, 1.165) is 28.3 Å². The van der Waals surface area contributed by atoms with Crippen LogP contribution in [0.15, 0.2) is 53.2 Å². The van der Waals surface area contributed by atoms with Gasteiger partial charge in [-0.1, -0.05) is 49.7 Å². The maximum Gasteiger partial charge on any atom is 0.358 e. The summed E-state index contributed by atoms with van der Waals surface area (Å²) in [6, 6.07) is 13.6. The molecule has 3 aromatic rings. The Morgan fingerprint density at radius 2 is 1.93 bits per heavy atom. The Hall–Kier alpha value is -2.51. The topological polar surface area (TPSA) is 68.3 Å². The Morgan fingerprint density at radius 1 is 1.14 bits per heavy atom. The van der Waals surface area contributed by atoms with E-state index >= 15 is 0 Å². The molecule has 7 heteroatoms. The van der Waals surface area contributed by atoms with Crippen molar-refractivity contribution in [3.8, 4) is 9.88 Å². The highest BCUT2D eigenvalue weighted by atomic mass is 32.1. The standard InChI is InChI=1S/C21H22N2O3S2/c1-3-8-16(15-9-5-4-6-10-15)22-19(24)14(2)26-21(25)17-13-28-20(23-17)18-11-7-12-27-18/h4-7,9-14,16H,3,8H2,1-2H3,(H,22,24)/t14-,16-/m1/s1. The number of rotatable bonds is 8. The lowest BCUT2D eigenvalue weighted by Gasteiger charge is -2.21. The molecule has 1 aromatic carbocycles. The van der Waals surface area contributed by atoms with Gasteiger partial charge < -0.3 is 10.1 Å². The number of thiazole rings is 1. The van der Waals surface area contributed by atoms with Crippen molar-refractivity contribution in [2.45, 2.75) is 38.8 Å². The molecule has 2 aromatic heterocycles. The summed E-state index contributed by atoms with van der Waals surface area (Å²) >= 11 is 2.94. The fourth-order valence-corrected chi connectivity index (χ4v) is 4.34. The first-order valence-electron chi connectivity index (χ1n) is 9.14. The van der Waals surface area contributed by atoms with E-state index in [-0.39, 0.29) is 17.6 Å². The Balaban J connectivity index is 1.61. The van der Waals surface area contributed by atoms with E-state index in [1.807, 2.05) is 47.8 Å². The number of esters is 1. The third kappa shape index (κ3) is 5.05. The molecular formula is C21H22N2O3S2. The molecule has 0 spiro atoms. The lowest BCUT2D eigenvalue weighted by molar-refractivity contribution is -0.129. The van der Waals surface area contributed by atoms with Crippen LogP contribution in [0.3, 0.4) is 0 Å². The van der Waals surface area contributed by atoms with Crippen molar-refractivity contribution in [3.63, 3.8) is 0 Å². The summed E-state index contributed by atoms with van der Waals surface area (Å²) in [6.45, 7) is 3.65. The Bertz CT molecular complexity index is 907. The van der Waals surface area contributed by atoms with E-state index in [1.54, 1.807) is 23.6 Å². The van der Waals surface area contributed by atoms with Gasteiger partial charge in [0.1, 0.15) is 5.01 Å². The molecule has 0 unspecified atom stereocenters. The van der Waals surface area contributed by atoms with Crippen LogP contribution in [0.5, 0.6) is 0 Å². The summed E-state index contributed by atoms with van der Waals surface area (Å²) in [5, 5.41) is 7.37. The first-order valence-corrected chi connectivity index (χ1v) is 10.9. The minimum absolute atomic E-state index is 0.107. The van der Waals surface area contributed by atoms with Crippen molar-refractivity contribution in [2.24, 2.45) is 0 Å². The van der Waals surface area contributed by atoms with Crippen molar-refractivity contribution in [1.29, 1.82) is 0 Å². The van der Waals surface area contributed by atoms with Crippen molar-refractivity contribution < 1.29 is 14.3 Å². The second-order valence-electron chi connectivity index (χ2n) is 6.32. The number of thiophene rings is 1. The van der Waals surface area contributed by atoms with Gasteiger partial charge in [-0.25, -0.2) is 9.78 Å². The minimum Gasteiger partial charge on any atom is -0.448 e. The van der Waals surface area contributed by atoms with Crippen LogP contribution in [-0.4, -0.2) is 23.0 Å². The quantitative estimate of drug-likeness (QED) is 0.522. The van der Waals surface area contributed by atoms with Gasteiger partial charge in [0.25, 0.3) is 5.91 Å². The zero-order valence-corrected chi connectivity index (χ0v) is 17.4.